The van der Waals surface area contributed by atoms with Crippen LogP contribution in [-0.2, 0) is 13.0 Å². The highest BCUT2D eigenvalue weighted by Gasteiger charge is 2.28. The molecule has 0 radical (unpaired) electrons. The normalized spacial score (nSPS) is 15.3. The average Bonchev–Trinajstić information content (AvgIpc) is 3.32. The molecule has 0 spiro atoms. The van der Waals surface area contributed by atoms with Gasteiger partial charge in [-0.15, -0.1) is 11.3 Å². The van der Waals surface area contributed by atoms with Gasteiger partial charge in [0.2, 0.25) is 5.89 Å². The third-order valence-corrected chi connectivity index (χ3v) is 6.66. The number of amides is 1. The minimum atomic E-state index is -0.992. The lowest BCUT2D eigenvalue weighted by molar-refractivity contribution is 0.124. The highest BCUT2D eigenvalue weighted by Crippen LogP contribution is 2.28. The molecular weight excluding hydrogens is 466 g/mol. The van der Waals surface area contributed by atoms with E-state index in [1.807, 2.05) is 6.92 Å². The minimum Gasteiger partial charge on any atom is -0.465 e. The van der Waals surface area contributed by atoms with Crippen molar-refractivity contribution in [3.05, 3.63) is 42.4 Å². The molecule has 0 aliphatic carbocycles. The second kappa shape index (κ2) is 7.75. The number of thiophene rings is 1. The Hall–Kier alpha value is -2.47. The van der Waals surface area contributed by atoms with Gasteiger partial charge >= 0.3 is 11.8 Å². The van der Waals surface area contributed by atoms with Crippen molar-refractivity contribution >= 4 is 43.6 Å². The number of aryl methyl sites for hydroxylation is 1. The van der Waals surface area contributed by atoms with Crippen LogP contribution in [0.2, 0.25) is 0 Å². The summed E-state index contributed by atoms with van der Waals surface area (Å²) in [5, 5.41) is 13.0. The summed E-state index contributed by atoms with van der Waals surface area (Å²) < 4.78 is 9.14. The fraction of sp³-hybridized carbons (Fsp3) is 0.471. The van der Waals surface area contributed by atoms with Gasteiger partial charge in [-0.2, -0.15) is 4.98 Å². The molecule has 29 heavy (non-hydrogen) atoms. The number of hydrogen-bond donors (Lipinski definition) is 1. The van der Waals surface area contributed by atoms with Gasteiger partial charge in [-0.05, 0) is 34.8 Å². The van der Waals surface area contributed by atoms with Crippen molar-refractivity contribution in [2.75, 3.05) is 13.1 Å². The van der Waals surface area contributed by atoms with Gasteiger partial charge in [-0.3, -0.25) is 13.9 Å². The number of hydrogen-bond acceptors (Lipinski definition) is 7. The summed E-state index contributed by atoms with van der Waals surface area (Å²) in [6.07, 6.45) is 0.425. The Morgan fingerprint density at radius 1 is 1.38 bits per heavy atom. The highest BCUT2D eigenvalue weighted by atomic mass is 79.9. The Labute approximate surface area is 176 Å². The van der Waals surface area contributed by atoms with Crippen molar-refractivity contribution in [2.45, 2.75) is 38.8 Å². The summed E-state index contributed by atoms with van der Waals surface area (Å²) in [4.78, 5) is 43.1. The maximum Gasteiger partial charge on any atom is 0.407 e. The van der Waals surface area contributed by atoms with E-state index in [2.05, 4.69) is 26.1 Å². The molecule has 0 unspecified atom stereocenters. The molecular formula is C17H18BrN5O5S. The number of halogens is 1. The van der Waals surface area contributed by atoms with Crippen LogP contribution in [0, 0.1) is 0 Å². The van der Waals surface area contributed by atoms with Gasteiger partial charge in [-0.25, -0.2) is 9.59 Å². The molecule has 0 atom stereocenters. The van der Waals surface area contributed by atoms with Crippen molar-refractivity contribution in [2.24, 2.45) is 0 Å². The number of carbonyl (C=O) groups is 1. The predicted octanol–water partition coefficient (Wildman–Crippen LogP) is 2.30. The van der Waals surface area contributed by atoms with Crippen molar-refractivity contribution < 1.29 is 14.4 Å². The zero-order valence-electron chi connectivity index (χ0n) is 15.5. The van der Waals surface area contributed by atoms with Crippen LogP contribution in [0.4, 0.5) is 4.79 Å². The van der Waals surface area contributed by atoms with Gasteiger partial charge in [0, 0.05) is 25.6 Å². The van der Waals surface area contributed by atoms with E-state index in [1.54, 1.807) is 6.07 Å². The second-order valence-corrected chi connectivity index (χ2v) is 9.20. The molecule has 1 N–H and O–H groups in total. The zero-order chi connectivity index (χ0) is 20.7. The van der Waals surface area contributed by atoms with Crippen LogP contribution in [-0.4, -0.2) is 48.5 Å². The monoisotopic (exact) mass is 483 g/mol. The van der Waals surface area contributed by atoms with E-state index in [-0.39, 0.29) is 31.2 Å². The van der Waals surface area contributed by atoms with Crippen molar-refractivity contribution in [3.63, 3.8) is 0 Å². The maximum absolute atomic E-state index is 13.3. The summed E-state index contributed by atoms with van der Waals surface area (Å²) in [7, 11) is 0. The highest BCUT2D eigenvalue weighted by molar-refractivity contribution is 9.11. The van der Waals surface area contributed by atoms with Crippen LogP contribution in [0.1, 0.15) is 37.5 Å². The summed E-state index contributed by atoms with van der Waals surface area (Å²) in [5.74, 6) is 0.837. The Morgan fingerprint density at radius 2 is 2.10 bits per heavy atom. The van der Waals surface area contributed by atoms with E-state index in [0.717, 1.165) is 3.79 Å². The number of likely N-dealkylation sites (tertiary alicyclic amines) is 1. The molecule has 12 heteroatoms. The molecule has 10 nitrogen and oxygen atoms in total. The lowest BCUT2D eigenvalue weighted by Gasteiger charge is -2.30. The topological polar surface area (TPSA) is 123 Å². The SMILES string of the molecule is CCc1noc(Cn2c(=O)n(C3CCN(C(=O)O)CC3)c(=O)c3sc(Br)cc32)n1. The first-order chi connectivity index (χ1) is 13.9. The first kappa shape index (κ1) is 19.8. The van der Waals surface area contributed by atoms with E-state index in [4.69, 9.17) is 9.63 Å². The van der Waals surface area contributed by atoms with E-state index in [9.17, 15) is 14.4 Å². The third-order valence-electron chi connectivity index (χ3n) is 5.04. The van der Waals surface area contributed by atoms with Crippen molar-refractivity contribution in [3.8, 4) is 0 Å². The van der Waals surface area contributed by atoms with Gasteiger partial charge in [0.25, 0.3) is 5.56 Å². The average molecular weight is 484 g/mol. The Kier molecular flexibility index (Phi) is 5.30. The van der Waals surface area contributed by atoms with Crippen LogP contribution >= 0.6 is 27.3 Å². The first-order valence-corrected chi connectivity index (χ1v) is 10.7. The van der Waals surface area contributed by atoms with Gasteiger partial charge in [0.05, 0.1) is 9.30 Å². The molecule has 1 aliphatic rings. The van der Waals surface area contributed by atoms with Gasteiger partial charge in [0.1, 0.15) is 11.2 Å². The zero-order valence-corrected chi connectivity index (χ0v) is 17.9. The number of rotatable bonds is 4. The number of carboxylic acid groups (broad SMARTS) is 1. The fourth-order valence-corrected chi connectivity index (χ4v) is 5.09. The smallest absolute Gasteiger partial charge is 0.407 e. The summed E-state index contributed by atoms with van der Waals surface area (Å²) in [5.41, 5.74) is -0.310. The molecule has 4 rings (SSSR count). The van der Waals surface area contributed by atoms with E-state index in [1.165, 1.54) is 25.4 Å². The Bertz CT molecular complexity index is 1190. The van der Waals surface area contributed by atoms with E-state index < -0.39 is 11.8 Å². The molecule has 0 aromatic carbocycles. The minimum absolute atomic E-state index is 0.0553. The van der Waals surface area contributed by atoms with Crippen LogP contribution in [0.25, 0.3) is 10.2 Å². The van der Waals surface area contributed by atoms with Crippen LogP contribution < -0.4 is 11.2 Å². The molecule has 4 heterocycles. The van der Waals surface area contributed by atoms with Crippen LogP contribution in [0.5, 0.6) is 0 Å². The Morgan fingerprint density at radius 3 is 2.72 bits per heavy atom. The van der Waals surface area contributed by atoms with Crippen LogP contribution in [0.15, 0.2) is 24.0 Å². The van der Waals surface area contributed by atoms with Gasteiger partial charge in [-0.1, -0.05) is 12.1 Å². The Balaban J connectivity index is 1.80. The number of piperidine rings is 1. The summed E-state index contributed by atoms with van der Waals surface area (Å²) >= 11 is 4.65. The third kappa shape index (κ3) is 3.62. The molecule has 3 aromatic rings. The number of aromatic nitrogens is 4. The number of nitrogens with zero attached hydrogens (tertiary/aromatic N) is 5. The lowest BCUT2D eigenvalue weighted by Crippen LogP contribution is -2.46. The van der Waals surface area contributed by atoms with E-state index in [0.29, 0.717) is 41.2 Å². The van der Waals surface area contributed by atoms with Gasteiger partial charge < -0.3 is 14.5 Å². The van der Waals surface area contributed by atoms with Crippen molar-refractivity contribution in [1.82, 2.24) is 24.2 Å². The quantitative estimate of drug-likeness (QED) is 0.603. The molecule has 1 fully saturated rings. The predicted molar refractivity (Wildman–Crippen MR) is 109 cm³/mol. The standard InChI is InChI=1S/C17H18BrN5O5S/c1-2-12-19-13(28-20-12)8-22-10-7-11(18)29-14(10)15(24)23(16(22)25)9-3-5-21(6-4-9)17(26)27/h7,9H,2-6,8H2,1H3,(H,26,27). The fourth-order valence-electron chi connectivity index (χ4n) is 3.56. The molecule has 0 saturated carbocycles. The number of fused-ring (bicyclic) bond motifs is 1. The van der Waals surface area contributed by atoms with Crippen molar-refractivity contribution in [1.29, 1.82) is 0 Å². The van der Waals surface area contributed by atoms with Crippen LogP contribution in [0.3, 0.4) is 0 Å². The summed E-state index contributed by atoms with van der Waals surface area (Å²) in [6, 6.07) is 1.37. The largest absolute Gasteiger partial charge is 0.465 e. The molecule has 1 saturated heterocycles. The molecule has 3 aromatic heterocycles. The molecule has 1 amide bonds. The molecule has 1 aliphatic heterocycles. The molecule has 0 bridgehead atoms. The first-order valence-electron chi connectivity index (χ1n) is 9.12. The van der Waals surface area contributed by atoms with E-state index >= 15 is 0 Å². The lowest BCUT2D eigenvalue weighted by atomic mass is 10.1. The summed E-state index contributed by atoms with van der Waals surface area (Å²) in [6.45, 7) is 2.52. The maximum atomic E-state index is 13.3. The molecule has 154 valence electrons. The second-order valence-electron chi connectivity index (χ2n) is 6.77. The van der Waals surface area contributed by atoms with Gasteiger partial charge in [0.15, 0.2) is 5.82 Å².